The van der Waals surface area contributed by atoms with Crippen molar-refractivity contribution in [1.29, 1.82) is 0 Å². The van der Waals surface area contributed by atoms with Crippen LogP contribution in [-0.2, 0) is 0 Å². The van der Waals surface area contributed by atoms with E-state index in [0.29, 0.717) is 0 Å². The molecule has 0 saturated carbocycles. The van der Waals surface area contributed by atoms with Gasteiger partial charge in [0.05, 0.1) is 11.4 Å². The molecular weight excluding hydrogens is 342 g/mol. The molecular formula is C20H22N5S. The first-order chi connectivity index (χ1) is 12.9. The molecule has 2 aliphatic heterocycles. The lowest BCUT2D eigenvalue weighted by Crippen LogP contribution is -2.48. The Bertz CT molecular complexity index is 900. The number of fused-ring (bicyclic) bond motifs is 2. The summed E-state index contributed by atoms with van der Waals surface area (Å²) in [6.45, 7) is 8.44. The van der Waals surface area contributed by atoms with Gasteiger partial charge < -0.3 is 15.1 Å². The van der Waals surface area contributed by atoms with E-state index in [9.17, 15) is 0 Å². The average molecular weight is 364 g/mol. The zero-order valence-electron chi connectivity index (χ0n) is 14.6. The summed E-state index contributed by atoms with van der Waals surface area (Å²) in [7, 11) is 0. The maximum absolute atomic E-state index is 4.65. The number of anilines is 3. The first-order valence-corrected chi connectivity index (χ1v) is 10.0. The molecule has 0 aliphatic carbocycles. The molecule has 4 heterocycles. The summed E-state index contributed by atoms with van der Waals surface area (Å²) >= 11 is 1.79. The number of aromatic nitrogens is 1. The Morgan fingerprint density at radius 2 is 1.88 bits per heavy atom. The number of benzene rings is 1. The van der Waals surface area contributed by atoms with Gasteiger partial charge in [0.25, 0.3) is 0 Å². The number of rotatable bonds is 4. The standard InChI is InChI=1S/C20H22N5S/c1-2-4-18-17(3-1)22-15-25(18)13-10-23-8-11-24(12-9-23)20-16-6-14-26-19(16)5-7-21-20/h1-7,14-15,22H,8-13H2. The van der Waals surface area contributed by atoms with Gasteiger partial charge in [0.2, 0.25) is 0 Å². The zero-order valence-corrected chi connectivity index (χ0v) is 15.5. The fourth-order valence-electron chi connectivity index (χ4n) is 3.81. The summed E-state index contributed by atoms with van der Waals surface area (Å²) in [5, 5.41) is 6.80. The van der Waals surface area contributed by atoms with Crippen LogP contribution in [0, 0.1) is 6.67 Å². The quantitative estimate of drug-likeness (QED) is 0.767. The van der Waals surface area contributed by atoms with E-state index in [0.717, 1.165) is 45.1 Å². The van der Waals surface area contributed by atoms with Gasteiger partial charge in [0.1, 0.15) is 12.5 Å². The van der Waals surface area contributed by atoms with Crippen LogP contribution in [0.1, 0.15) is 0 Å². The average Bonchev–Trinajstić information content (AvgIpc) is 3.33. The predicted molar refractivity (Wildman–Crippen MR) is 110 cm³/mol. The third-order valence-electron chi connectivity index (χ3n) is 5.28. The van der Waals surface area contributed by atoms with Crippen LogP contribution < -0.4 is 15.1 Å². The molecule has 1 radical (unpaired) electrons. The molecule has 6 heteroatoms. The highest BCUT2D eigenvalue weighted by Gasteiger charge is 2.22. The van der Waals surface area contributed by atoms with Crippen molar-refractivity contribution >= 4 is 38.6 Å². The molecule has 2 aromatic heterocycles. The minimum atomic E-state index is 1.02. The Balaban J connectivity index is 1.19. The maximum atomic E-state index is 4.65. The molecule has 1 N–H and O–H groups in total. The van der Waals surface area contributed by atoms with Crippen LogP contribution in [0.5, 0.6) is 0 Å². The van der Waals surface area contributed by atoms with Crippen molar-refractivity contribution < 1.29 is 0 Å². The van der Waals surface area contributed by atoms with Crippen molar-refractivity contribution in [3.05, 3.63) is 54.6 Å². The fraction of sp³-hybridized carbons (Fsp3) is 0.300. The summed E-state index contributed by atoms with van der Waals surface area (Å²) in [5.41, 5.74) is 2.48. The van der Waals surface area contributed by atoms with Crippen molar-refractivity contribution in [1.82, 2.24) is 9.88 Å². The van der Waals surface area contributed by atoms with E-state index in [4.69, 9.17) is 0 Å². The smallest absolute Gasteiger partial charge is 0.139 e. The van der Waals surface area contributed by atoms with Gasteiger partial charge in [0.15, 0.2) is 0 Å². The number of nitrogens with one attached hydrogen (secondary N) is 1. The second-order valence-electron chi connectivity index (χ2n) is 6.78. The Morgan fingerprint density at radius 3 is 2.81 bits per heavy atom. The van der Waals surface area contributed by atoms with Crippen LogP contribution in [0.2, 0.25) is 0 Å². The largest absolute Gasteiger partial charge is 0.360 e. The van der Waals surface area contributed by atoms with E-state index in [-0.39, 0.29) is 0 Å². The van der Waals surface area contributed by atoms with Gasteiger partial charge in [-0.2, -0.15) is 0 Å². The lowest BCUT2D eigenvalue weighted by molar-refractivity contribution is 0.263. The Hall–Kier alpha value is -2.31. The lowest BCUT2D eigenvalue weighted by atomic mass is 10.2. The van der Waals surface area contributed by atoms with Gasteiger partial charge in [-0.05, 0) is 29.6 Å². The van der Waals surface area contributed by atoms with E-state index < -0.39 is 0 Å². The third-order valence-corrected chi connectivity index (χ3v) is 6.16. The van der Waals surface area contributed by atoms with Crippen LogP contribution >= 0.6 is 11.3 Å². The van der Waals surface area contributed by atoms with Crippen LogP contribution in [0.3, 0.4) is 0 Å². The monoisotopic (exact) mass is 364 g/mol. The molecule has 26 heavy (non-hydrogen) atoms. The normalized spacial score (nSPS) is 17.5. The molecule has 0 atom stereocenters. The molecule has 5 nitrogen and oxygen atoms in total. The molecule has 5 rings (SSSR count). The molecule has 1 fully saturated rings. The highest BCUT2D eigenvalue weighted by atomic mass is 32.1. The van der Waals surface area contributed by atoms with Crippen LogP contribution in [0.4, 0.5) is 17.2 Å². The third kappa shape index (κ3) is 2.89. The number of piperazine rings is 1. The number of hydrogen-bond donors (Lipinski definition) is 1. The molecule has 1 saturated heterocycles. The van der Waals surface area contributed by atoms with Gasteiger partial charge in [-0.1, -0.05) is 12.1 Å². The van der Waals surface area contributed by atoms with Crippen molar-refractivity contribution in [2.45, 2.75) is 0 Å². The number of pyridine rings is 1. The minimum Gasteiger partial charge on any atom is -0.360 e. The molecule has 2 aliphatic rings. The van der Waals surface area contributed by atoms with Crippen LogP contribution in [0.15, 0.2) is 48.0 Å². The van der Waals surface area contributed by atoms with Gasteiger partial charge >= 0.3 is 0 Å². The summed E-state index contributed by atoms with van der Waals surface area (Å²) < 4.78 is 1.33. The Labute approximate surface area is 157 Å². The number of para-hydroxylation sites is 2. The molecule has 1 aromatic carbocycles. The van der Waals surface area contributed by atoms with E-state index in [1.165, 1.54) is 21.5 Å². The summed E-state index contributed by atoms with van der Waals surface area (Å²) in [6.07, 6.45) is 1.94. The number of hydrogen-bond acceptors (Lipinski definition) is 6. The molecule has 0 spiro atoms. The first-order valence-electron chi connectivity index (χ1n) is 9.13. The van der Waals surface area contributed by atoms with Crippen molar-refractivity contribution in [2.24, 2.45) is 0 Å². The number of thiophene rings is 1. The summed E-state index contributed by atoms with van der Waals surface area (Å²) in [5.74, 6) is 1.15. The van der Waals surface area contributed by atoms with E-state index in [2.05, 4.69) is 73.4 Å². The van der Waals surface area contributed by atoms with Gasteiger partial charge in [-0.3, -0.25) is 4.90 Å². The SMILES string of the molecule is [CH]1Nc2ccccc2N1CCN1CCN(c2nccc3sccc23)CC1. The Morgan fingerprint density at radius 1 is 1.00 bits per heavy atom. The Kier molecular flexibility index (Phi) is 4.15. The van der Waals surface area contributed by atoms with E-state index >= 15 is 0 Å². The molecule has 0 amide bonds. The van der Waals surface area contributed by atoms with Gasteiger partial charge in [0, 0.05) is 55.6 Å². The van der Waals surface area contributed by atoms with Crippen LogP contribution in [-0.4, -0.2) is 49.2 Å². The zero-order chi connectivity index (χ0) is 17.3. The summed E-state index contributed by atoms with van der Waals surface area (Å²) in [4.78, 5) is 12.0. The summed E-state index contributed by atoms with van der Waals surface area (Å²) in [6, 6.07) is 12.8. The first kappa shape index (κ1) is 15.9. The van der Waals surface area contributed by atoms with Crippen molar-refractivity contribution in [2.75, 3.05) is 54.4 Å². The molecule has 3 aromatic rings. The highest BCUT2D eigenvalue weighted by Crippen LogP contribution is 2.32. The van der Waals surface area contributed by atoms with Crippen molar-refractivity contribution in [3.63, 3.8) is 0 Å². The van der Waals surface area contributed by atoms with Gasteiger partial charge in [-0.25, -0.2) is 4.98 Å². The number of nitrogens with zero attached hydrogens (tertiary/aromatic N) is 4. The van der Waals surface area contributed by atoms with Crippen LogP contribution in [0.25, 0.3) is 10.1 Å². The van der Waals surface area contributed by atoms with E-state index in [1.54, 1.807) is 11.3 Å². The maximum Gasteiger partial charge on any atom is 0.139 e. The predicted octanol–water partition coefficient (Wildman–Crippen LogP) is 3.47. The highest BCUT2D eigenvalue weighted by molar-refractivity contribution is 7.17. The van der Waals surface area contributed by atoms with Crippen molar-refractivity contribution in [3.8, 4) is 0 Å². The fourth-order valence-corrected chi connectivity index (χ4v) is 4.59. The second-order valence-corrected chi connectivity index (χ2v) is 7.73. The molecule has 133 valence electrons. The molecule has 0 bridgehead atoms. The second kappa shape index (κ2) is 6.78. The molecule has 0 unspecified atom stereocenters. The lowest BCUT2D eigenvalue weighted by Gasteiger charge is -2.36. The van der Waals surface area contributed by atoms with Gasteiger partial charge in [-0.15, -0.1) is 11.3 Å². The minimum absolute atomic E-state index is 1.02. The van der Waals surface area contributed by atoms with E-state index in [1.807, 2.05) is 6.20 Å². The topological polar surface area (TPSA) is 34.6 Å².